The van der Waals surface area contributed by atoms with Gasteiger partial charge in [0, 0.05) is 0 Å². The maximum absolute atomic E-state index is 13.0. The molecule has 1 saturated carbocycles. The number of carbonyl (C=O) groups is 1. The molecule has 1 aromatic heterocycles. The van der Waals surface area contributed by atoms with Crippen molar-refractivity contribution in [1.82, 2.24) is 15.5 Å². The fraction of sp³-hybridized carbons (Fsp3) is 0.400. The highest BCUT2D eigenvalue weighted by Gasteiger charge is 2.23. The second-order valence-corrected chi connectivity index (χ2v) is 8.31. The average Bonchev–Trinajstić information content (AvgIpc) is 3.17. The van der Waals surface area contributed by atoms with E-state index in [0.29, 0.717) is 24.1 Å². The van der Waals surface area contributed by atoms with Crippen molar-refractivity contribution < 1.29 is 14.1 Å². The topological polar surface area (TPSA) is 77.2 Å². The van der Waals surface area contributed by atoms with Gasteiger partial charge in [-0.1, -0.05) is 54.0 Å². The number of rotatable bonds is 9. The summed E-state index contributed by atoms with van der Waals surface area (Å²) in [6, 6.07) is 17.4. The second kappa shape index (κ2) is 9.77. The van der Waals surface area contributed by atoms with Gasteiger partial charge in [0.15, 0.2) is 5.82 Å². The lowest BCUT2D eigenvalue weighted by molar-refractivity contribution is -0.123. The molecule has 1 amide bonds. The molecule has 0 spiro atoms. The van der Waals surface area contributed by atoms with E-state index in [-0.39, 0.29) is 17.9 Å². The van der Waals surface area contributed by atoms with Crippen LogP contribution in [-0.4, -0.2) is 22.7 Å². The normalized spacial score (nSPS) is 15.7. The van der Waals surface area contributed by atoms with Gasteiger partial charge in [0.1, 0.15) is 5.75 Å². The van der Waals surface area contributed by atoms with Crippen LogP contribution in [-0.2, 0) is 11.2 Å². The highest BCUT2D eigenvalue weighted by atomic mass is 16.5. The molecule has 0 aliphatic heterocycles. The maximum atomic E-state index is 13.0. The van der Waals surface area contributed by atoms with Crippen LogP contribution in [0.15, 0.2) is 59.1 Å². The lowest BCUT2D eigenvalue weighted by Gasteiger charge is -2.25. The monoisotopic (exact) mass is 419 g/mol. The van der Waals surface area contributed by atoms with Crippen LogP contribution in [0.2, 0.25) is 0 Å². The molecular weight excluding hydrogens is 390 g/mol. The Labute approximate surface area is 183 Å². The molecule has 1 heterocycles. The van der Waals surface area contributed by atoms with E-state index in [2.05, 4.69) is 15.5 Å². The highest BCUT2D eigenvalue weighted by molar-refractivity contribution is 5.83. The van der Waals surface area contributed by atoms with Crippen molar-refractivity contribution in [3.63, 3.8) is 0 Å². The number of carbonyl (C=O) groups excluding carboxylic acids is 1. The molecule has 0 unspecified atom stereocenters. The Hall–Kier alpha value is -3.15. The first-order chi connectivity index (χ1) is 15.1. The maximum Gasteiger partial charge on any atom is 0.229 e. The SMILES string of the molecule is Cc1noc(C[C@H](NC(=O)[C@@H](C)c2ccccc2)c2ccc(OCC3CCC3)cc2)n1. The third-order valence-electron chi connectivity index (χ3n) is 5.95. The lowest BCUT2D eigenvalue weighted by Crippen LogP contribution is -2.33. The number of aromatic nitrogens is 2. The molecule has 1 aliphatic carbocycles. The summed E-state index contributed by atoms with van der Waals surface area (Å²) in [4.78, 5) is 17.3. The Morgan fingerprint density at radius 3 is 2.48 bits per heavy atom. The number of amides is 1. The molecule has 2 aromatic carbocycles. The summed E-state index contributed by atoms with van der Waals surface area (Å²) in [5.74, 6) is 2.31. The van der Waals surface area contributed by atoms with E-state index in [4.69, 9.17) is 9.26 Å². The number of aryl methyl sites for hydroxylation is 1. The number of ether oxygens (including phenoxy) is 1. The van der Waals surface area contributed by atoms with Crippen LogP contribution < -0.4 is 10.1 Å². The predicted molar refractivity (Wildman–Crippen MR) is 118 cm³/mol. The van der Waals surface area contributed by atoms with E-state index in [1.54, 1.807) is 6.92 Å². The molecule has 0 saturated heterocycles. The van der Waals surface area contributed by atoms with E-state index >= 15 is 0 Å². The van der Waals surface area contributed by atoms with Crippen molar-refractivity contribution in [1.29, 1.82) is 0 Å². The third kappa shape index (κ3) is 5.51. The minimum absolute atomic E-state index is 0.0438. The Balaban J connectivity index is 1.47. The molecule has 4 rings (SSSR count). The van der Waals surface area contributed by atoms with Crippen LogP contribution in [0.1, 0.15) is 61.0 Å². The Bertz CT molecular complexity index is 981. The minimum atomic E-state index is -0.279. The van der Waals surface area contributed by atoms with Gasteiger partial charge in [-0.2, -0.15) is 4.98 Å². The van der Waals surface area contributed by atoms with Crippen LogP contribution in [0.5, 0.6) is 5.75 Å². The van der Waals surface area contributed by atoms with E-state index in [1.165, 1.54) is 19.3 Å². The molecule has 3 aromatic rings. The van der Waals surface area contributed by atoms with Crippen molar-refractivity contribution in [2.45, 2.75) is 51.5 Å². The zero-order chi connectivity index (χ0) is 21.6. The molecule has 0 radical (unpaired) electrons. The summed E-state index contributed by atoms with van der Waals surface area (Å²) < 4.78 is 11.2. The van der Waals surface area contributed by atoms with Gasteiger partial charge in [-0.05, 0) is 55.9 Å². The van der Waals surface area contributed by atoms with Gasteiger partial charge in [-0.3, -0.25) is 4.79 Å². The number of hydrogen-bond donors (Lipinski definition) is 1. The first kappa shape index (κ1) is 21.1. The van der Waals surface area contributed by atoms with Gasteiger partial charge < -0.3 is 14.6 Å². The van der Waals surface area contributed by atoms with Gasteiger partial charge in [0.2, 0.25) is 11.8 Å². The molecule has 0 bridgehead atoms. The van der Waals surface area contributed by atoms with Crippen molar-refractivity contribution in [2.24, 2.45) is 5.92 Å². The fourth-order valence-electron chi connectivity index (χ4n) is 3.71. The lowest BCUT2D eigenvalue weighted by atomic mass is 9.86. The molecule has 31 heavy (non-hydrogen) atoms. The predicted octanol–water partition coefficient (Wildman–Crippen LogP) is 4.76. The number of nitrogens with one attached hydrogen (secondary N) is 1. The quantitative estimate of drug-likeness (QED) is 0.541. The number of hydrogen-bond acceptors (Lipinski definition) is 5. The standard InChI is InChI=1S/C25H29N3O3/c1-17(20-9-4-3-5-10-20)25(29)27-23(15-24-26-18(2)28-31-24)21-11-13-22(14-12-21)30-16-19-7-6-8-19/h3-5,9-14,17,19,23H,6-8,15-16H2,1-2H3,(H,27,29)/t17-,23-/m0/s1. The van der Waals surface area contributed by atoms with E-state index < -0.39 is 0 Å². The van der Waals surface area contributed by atoms with Gasteiger partial charge in [0.25, 0.3) is 0 Å². The van der Waals surface area contributed by atoms with Crippen molar-refractivity contribution in [3.8, 4) is 5.75 Å². The summed E-state index contributed by atoms with van der Waals surface area (Å²) in [5, 5.41) is 7.04. The first-order valence-electron chi connectivity index (χ1n) is 11.0. The Morgan fingerprint density at radius 2 is 1.87 bits per heavy atom. The molecular formula is C25H29N3O3. The average molecular weight is 420 g/mol. The molecule has 1 aliphatic rings. The zero-order valence-electron chi connectivity index (χ0n) is 18.1. The third-order valence-corrected chi connectivity index (χ3v) is 5.95. The summed E-state index contributed by atoms with van der Waals surface area (Å²) in [7, 11) is 0. The minimum Gasteiger partial charge on any atom is -0.493 e. The molecule has 1 N–H and O–H groups in total. The van der Waals surface area contributed by atoms with E-state index in [1.807, 2.05) is 61.5 Å². The smallest absolute Gasteiger partial charge is 0.229 e. The van der Waals surface area contributed by atoms with Crippen molar-refractivity contribution >= 4 is 5.91 Å². The van der Waals surface area contributed by atoms with Crippen LogP contribution in [0.4, 0.5) is 0 Å². The molecule has 2 atom stereocenters. The van der Waals surface area contributed by atoms with Gasteiger partial charge in [0.05, 0.1) is 25.0 Å². The van der Waals surface area contributed by atoms with Crippen LogP contribution in [0.3, 0.4) is 0 Å². The summed E-state index contributed by atoms with van der Waals surface area (Å²) in [5.41, 5.74) is 1.95. The largest absolute Gasteiger partial charge is 0.493 e. The Kier molecular flexibility index (Phi) is 6.65. The fourth-order valence-corrected chi connectivity index (χ4v) is 3.71. The summed E-state index contributed by atoms with van der Waals surface area (Å²) in [6.45, 7) is 4.47. The zero-order valence-corrected chi connectivity index (χ0v) is 18.1. The summed E-state index contributed by atoms with van der Waals surface area (Å²) in [6.07, 6.45) is 4.26. The van der Waals surface area contributed by atoms with Gasteiger partial charge >= 0.3 is 0 Å². The number of benzene rings is 2. The van der Waals surface area contributed by atoms with Crippen molar-refractivity contribution in [2.75, 3.05) is 6.61 Å². The van der Waals surface area contributed by atoms with Crippen LogP contribution in [0, 0.1) is 12.8 Å². The molecule has 6 heteroatoms. The second-order valence-electron chi connectivity index (χ2n) is 8.31. The van der Waals surface area contributed by atoms with Crippen molar-refractivity contribution in [3.05, 3.63) is 77.4 Å². The number of nitrogens with zero attached hydrogens (tertiary/aromatic N) is 2. The van der Waals surface area contributed by atoms with Gasteiger partial charge in [-0.25, -0.2) is 0 Å². The van der Waals surface area contributed by atoms with E-state index in [9.17, 15) is 4.79 Å². The Morgan fingerprint density at radius 1 is 1.13 bits per heavy atom. The molecule has 6 nitrogen and oxygen atoms in total. The van der Waals surface area contributed by atoms with Crippen LogP contribution >= 0.6 is 0 Å². The molecule has 162 valence electrons. The molecule has 1 fully saturated rings. The van der Waals surface area contributed by atoms with Gasteiger partial charge in [-0.15, -0.1) is 0 Å². The van der Waals surface area contributed by atoms with Crippen LogP contribution in [0.25, 0.3) is 0 Å². The summed E-state index contributed by atoms with van der Waals surface area (Å²) >= 11 is 0. The highest BCUT2D eigenvalue weighted by Crippen LogP contribution is 2.28. The van der Waals surface area contributed by atoms with E-state index in [0.717, 1.165) is 23.5 Å². The first-order valence-corrected chi connectivity index (χ1v) is 11.0.